The van der Waals surface area contributed by atoms with E-state index in [4.69, 9.17) is 5.73 Å². The highest BCUT2D eigenvalue weighted by Crippen LogP contribution is 2.60. The highest BCUT2D eigenvalue weighted by molar-refractivity contribution is 5.13. The molecule has 0 aromatic rings. The van der Waals surface area contributed by atoms with E-state index in [1.807, 2.05) is 0 Å². The fourth-order valence-electron chi connectivity index (χ4n) is 2.55. The first kappa shape index (κ1) is 7.56. The van der Waals surface area contributed by atoms with Gasteiger partial charge in [0.05, 0.1) is 0 Å². The fraction of sp³-hybridized carbons (Fsp3) is 1.00. The van der Waals surface area contributed by atoms with Crippen molar-refractivity contribution in [3.05, 3.63) is 0 Å². The van der Waals surface area contributed by atoms with Crippen LogP contribution in [0.3, 0.4) is 0 Å². The van der Waals surface area contributed by atoms with Crippen molar-refractivity contribution in [1.29, 1.82) is 0 Å². The van der Waals surface area contributed by atoms with E-state index in [1.165, 1.54) is 0 Å². The van der Waals surface area contributed by atoms with Gasteiger partial charge in [-0.05, 0) is 24.7 Å². The molecule has 0 saturated heterocycles. The second kappa shape index (κ2) is 1.99. The van der Waals surface area contributed by atoms with Gasteiger partial charge in [0.25, 0.3) is 0 Å². The van der Waals surface area contributed by atoms with Crippen molar-refractivity contribution in [3.8, 4) is 0 Å². The van der Waals surface area contributed by atoms with E-state index < -0.39 is 5.72 Å². The molecule has 0 bridgehead atoms. The van der Waals surface area contributed by atoms with Crippen LogP contribution in [-0.4, -0.2) is 10.8 Å². The molecule has 2 unspecified atom stereocenters. The van der Waals surface area contributed by atoms with Crippen LogP contribution in [-0.2, 0) is 0 Å². The number of hydrogen-bond acceptors (Lipinski definition) is 2. The third kappa shape index (κ3) is 0.926. The maximum atomic E-state index is 9.49. The van der Waals surface area contributed by atoms with E-state index in [1.54, 1.807) is 0 Å². The van der Waals surface area contributed by atoms with Crippen molar-refractivity contribution in [2.75, 3.05) is 0 Å². The first-order valence-electron chi connectivity index (χ1n) is 4.54. The van der Waals surface area contributed by atoms with Gasteiger partial charge in [0.2, 0.25) is 0 Å². The molecule has 0 amide bonds. The largest absolute Gasteiger partial charge is 0.375 e. The molecular formula is C9H17NO. The highest BCUT2D eigenvalue weighted by Gasteiger charge is 2.65. The Bertz CT molecular complexity index is 162. The molecule has 0 aromatic heterocycles. The van der Waals surface area contributed by atoms with E-state index >= 15 is 0 Å². The van der Waals surface area contributed by atoms with Gasteiger partial charge in [0, 0.05) is 11.8 Å². The van der Waals surface area contributed by atoms with Crippen LogP contribution >= 0.6 is 0 Å². The van der Waals surface area contributed by atoms with Gasteiger partial charge in [0.15, 0.2) is 0 Å². The smallest absolute Gasteiger partial charge is 0.120 e. The van der Waals surface area contributed by atoms with E-state index in [0.717, 1.165) is 24.7 Å². The zero-order chi connectivity index (χ0) is 8.22. The quantitative estimate of drug-likeness (QED) is 0.554. The number of nitrogens with two attached hydrogens (primary N) is 1. The maximum Gasteiger partial charge on any atom is 0.120 e. The number of aliphatic hydroxyl groups is 1. The summed E-state index contributed by atoms with van der Waals surface area (Å²) in [5.41, 5.74) is 4.86. The summed E-state index contributed by atoms with van der Waals surface area (Å²) in [6.45, 7) is 4.51. The van der Waals surface area contributed by atoms with Gasteiger partial charge in [-0.3, -0.25) is 0 Å². The number of rotatable bonds is 1. The highest BCUT2D eigenvalue weighted by atomic mass is 16.3. The summed E-state index contributed by atoms with van der Waals surface area (Å²) in [4.78, 5) is 0. The lowest BCUT2D eigenvalue weighted by Gasteiger charge is -2.19. The van der Waals surface area contributed by atoms with Gasteiger partial charge in [0.1, 0.15) is 5.72 Å². The van der Waals surface area contributed by atoms with Crippen molar-refractivity contribution in [3.63, 3.8) is 0 Å². The molecule has 0 heterocycles. The first-order chi connectivity index (χ1) is 5.03. The lowest BCUT2D eigenvalue weighted by atomic mass is 9.90. The zero-order valence-electron chi connectivity index (χ0n) is 7.25. The summed E-state index contributed by atoms with van der Waals surface area (Å²) in [7, 11) is 0. The van der Waals surface area contributed by atoms with Crippen LogP contribution in [0.4, 0.5) is 0 Å². The number of fused-ring (bicyclic) bond motifs is 1. The summed E-state index contributed by atoms with van der Waals surface area (Å²) in [5, 5.41) is 9.49. The topological polar surface area (TPSA) is 46.2 Å². The Kier molecular flexibility index (Phi) is 1.37. The van der Waals surface area contributed by atoms with Crippen molar-refractivity contribution in [2.24, 2.45) is 29.4 Å². The Balaban J connectivity index is 1.95. The molecule has 2 rings (SSSR count). The van der Waals surface area contributed by atoms with E-state index in [0.29, 0.717) is 11.8 Å². The van der Waals surface area contributed by atoms with Crippen LogP contribution in [0.5, 0.6) is 0 Å². The summed E-state index contributed by atoms with van der Waals surface area (Å²) < 4.78 is 0. The second-order valence-electron chi connectivity index (χ2n) is 4.58. The summed E-state index contributed by atoms with van der Waals surface area (Å²) in [6.07, 6.45) is 2.30. The second-order valence-corrected chi connectivity index (χ2v) is 4.58. The molecule has 0 aliphatic heterocycles. The van der Waals surface area contributed by atoms with Gasteiger partial charge in [-0.15, -0.1) is 0 Å². The lowest BCUT2D eigenvalue weighted by Crippen LogP contribution is -2.30. The maximum absolute atomic E-state index is 9.49. The predicted molar refractivity (Wildman–Crippen MR) is 43.7 cm³/mol. The minimum absolute atomic E-state index is 0.426. The molecule has 2 atom stereocenters. The van der Waals surface area contributed by atoms with Crippen molar-refractivity contribution >= 4 is 0 Å². The molecule has 2 aliphatic rings. The van der Waals surface area contributed by atoms with Crippen LogP contribution in [0.1, 0.15) is 26.7 Å². The van der Waals surface area contributed by atoms with Crippen molar-refractivity contribution in [1.82, 2.24) is 0 Å². The van der Waals surface area contributed by atoms with Gasteiger partial charge < -0.3 is 10.8 Å². The van der Waals surface area contributed by atoms with Crippen LogP contribution in [0.2, 0.25) is 0 Å². The monoisotopic (exact) mass is 155 g/mol. The molecule has 2 fully saturated rings. The molecule has 2 heteroatoms. The molecule has 11 heavy (non-hydrogen) atoms. The summed E-state index contributed by atoms with van der Waals surface area (Å²) in [6, 6.07) is 0. The lowest BCUT2D eigenvalue weighted by molar-refractivity contribution is 0.0979. The van der Waals surface area contributed by atoms with Crippen LogP contribution in [0, 0.1) is 23.7 Å². The Morgan fingerprint density at radius 1 is 1.36 bits per heavy atom. The Morgan fingerprint density at radius 3 is 2.18 bits per heavy atom. The van der Waals surface area contributed by atoms with Crippen LogP contribution in [0.25, 0.3) is 0 Å². The van der Waals surface area contributed by atoms with Crippen molar-refractivity contribution < 1.29 is 5.11 Å². The number of hydrogen-bond donors (Lipinski definition) is 2. The molecule has 2 saturated carbocycles. The average molecular weight is 155 g/mol. The normalized spacial score (nSPS) is 54.8. The Morgan fingerprint density at radius 2 is 1.82 bits per heavy atom. The third-order valence-corrected chi connectivity index (χ3v) is 3.62. The van der Waals surface area contributed by atoms with E-state index in [-0.39, 0.29) is 0 Å². The average Bonchev–Trinajstić information content (AvgIpc) is 2.28. The molecule has 64 valence electrons. The first-order valence-corrected chi connectivity index (χ1v) is 4.54. The van der Waals surface area contributed by atoms with E-state index in [2.05, 4.69) is 13.8 Å². The van der Waals surface area contributed by atoms with Gasteiger partial charge >= 0.3 is 0 Å². The molecule has 3 N–H and O–H groups in total. The SMILES string of the molecule is CC(C)C1CC2C(C1)C2(N)O. The molecule has 0 aromatic carbocycles. The fourth-order valence-corrected chi connectivity index (χ4v) is 2.55. The van der Waals surface area contributed by atoms with Crippen LogP contribution < -0.4 is 5.73 Å². The Hall–Kier alpha value is -0.0800. The summed E-state index contributed by atoms with van der Waals surface area (Å²) in [5.74, 6) is 2.43. The summed E-state index contributed by atoms with van der Waals surface area (Å²) >= 11 is 0. The molecule has 2 nitrogen and oxygen atoms in total. The zero-order valence-corrected chi connectivity index (χ0v) is 7.25. The van der Waals surface area contributed by atoms with Crippen molar-refractivity contribution in [2.45, 2.75) is 32.4 Å². The predicted octanol–water partition coefficient (Wildman–Crippen LogP) is 0.946. The minimum atomic E-state index is -0.772. The minimum Gasteiger partial charge on any atom is -0.375 e. The van der Waals surface area contributed by atoms with Gasteiger partial charge in [-0.2, -0.15) is 0 Å². The van der Waals surface area contributed by atoms with E-state index in [9.17, 15) is 5.11 Å². The molecule has 2 aliphatic carbocycles. The van der Waals surface area contributed by atoms with Crippen LogP contribution in [0.15, 0.2) is 0 Å². The standard InChI is InChI=1S/C9H17NO/c1-5(2)6-3-7-8(4-6)9(7,10)11/h5-8,11H,3-4,10H2,1-2H3. The third-order valence-electron chi connectivity index (χ3n) is 3.62. The van der Waals surface area contributed by atoms with Gasteiger partial charge in [-0.1, -0.05) is 13.8 Å². The molecular weight excluding hydrogens is 138 g/mol. The molecule has 0 spiro atoms. The van der Waals surface area contributed by atoms with Gasteiger partial charge in [-0.25, -0.2) is 0 Å². The molecule has 0 radical (unpaired) electrons. The Labute approximate surface area is 67.8 Å².